The van der Waals surface area contributed by atoms with Crippen molar-refractivity contribution in [1.29, 1.82) is 0 Å². The molecule has 2 heteroatoms. The first kappa shape index (κ1) is 25.5. The molecule has 1 N–H and O–H groups in total. The second-order valence-electron chi connectivity index (χ2n) is 7.02. The number of ether oxygens (including phenoxy) is 1. The summed E-state index contributed by atoms with van der Waals surface area (Å²) in [5.41, 5.74) is 3.66. The Kier molecular flexibility index (Phi) is 10.9. The van der Waals surface area contributed by atoms with E-state index in [0.29, 0.717) is 0 Å². The maximum absolute atomic E-state index is 7.00. The standard InChI is InChI=1S/C23H22O.2C2H6.CH4O/c1-23(2)22(18-13-7-4-8-14-18)21(17-11-5-3-6-12-17)19-15-9-10-16-20(19)24-23;3*1-2/h3-16,21-22H,1-2H3;2*1-2H3;2H,1H3/t21-,22-;;;/m0.../s1. The second-order valence-corrected chi connectivity index (χ2v) is 7.02. The van der Waals surface area contributed by atoms with Crippen molar-refractivity contribution in [3.05, 3.63) is 102 Å². The quantitative estimate of drug-likeness (QED) is 0.479. The molecule has 2 atom stereocenters. The van der Waals surface area contributed by atoms with Gasteiger partial charge >= 0.3 is 0 Å². The van der Waals surface area contributed by atoms with E-state index in [9.17, 15) is 0 Å². The molecule has 0 aromatic heterocycles. The van der Waals surface area contributed by atoms with Crippen molar-refractivity contribution < 1.29 is 9.84 Å². The van der Waals surface area contributed by atoms with Gasteiger partial charge in [0.25, 0.3) is 0 Å². The van der Waals surface area contributed by atoms with Crippen LogP contribution in [0, 0.1) is 0 Å². The molecule has 0 unspecified atom stereocenters. The topological polar surface area (TPSA) is 29.5 Å². The number of para-hydroxylation sites is 1. The number of hydrogen-bond donors (Lipinski definition) is 1. The zero-order valence-corrected chi connectivity index (χ0v) is 19.6. The Morgan fingerprint density at radius 3 is 1.60 bits per heavy atom. The molecule has 3 aromatic carbocycles. The number of rotatable bonds is 2. The van der Waals surface area contributed by atoms with Gasteiger partial charge in [0.05, 0.1) is 0 Å². The fraction of sp³-hybridized carbons (Fsp3) is 0.357. The van der Waals surface area contributed by atoms with Gasteiger partial charge in [-0.25, -0.2) is 0 Å². The Balaban J connectivity index is 0.000000691. The number of hydrogen-bond acceptors (Lipinski definition) is 2. The maximum Gasteiger partial charge on any atom is 0.123 e. The molecule has 2 nitrogen and oxygen atoms in total. The Labute approximate surface area is 183 Å². The van der Waals surface area contributed by atoms with Gasteiger partial charge in [0, 0.05) is 24.5 Å². The summed E-state index contributed by atoms with van der Waals surface area (Å²) in [6.07, 6.45) is 0. The van der Waals surface area contributed by atoms with Crippen LogP contribution in [0.15, 0.2) is 84.9 Å². The molecule has 0 amide bonds. The van der Waals surface area contributed by atoms with Crippen LogP contribution in [0.1, 0.15) is 70.1 Å². The average molecular weight is 407 g/mol. The van der Waals surface area contributed by atoms with Gasteiger partial charge < -0.3 is 9.84 Å². The van der Waals surface area contributed by atoms with E-state index in [2.05, 4.69) is 98.8 Å². The summed E-state index contributed by atoms with van der Waals surface area (Å²) < 4.78 is 6.44. The van der Waals surface area contributed by atoms with E-state index in [1.165, 1.54) is 16.7 Å². The van der Waals surface area contributed by atoms with Gasteiger partial charge in [-0.2, -0.15) is 0 Å². The van der Waals surface area contributed by atoms with Gasteiger partial charge in [-0.05, 0) is 31.0 Å². The summed E-state index contributed by atoms with van der Waals surface area (Å²) in [6.45, 7) is 12.4. The Bertz CT molecular complexity index is 826. The molecule has 1 aliphatic heterocycles. The van der Waals surface area contributed by atoms with Crippen LogP contribution in [0.3, 0.4) is 0 Å². The van der Waals surface area contributed by atoms with Crippen molar-refractivity contribution in [2.24, 2.45) is 0 Å². The summed E-state index contributed by atoms with van der Waals surface area (Å²) in [7, 11) is 1.00. The third-order valence-corrected chi connectivity index (χ3v) is 5.03. The van der Waals surface area contributed by atoms with Crippen molar-refractivity contribution in [3.8, 4) is 5.75 Å². The SMILES string of the molecule is CC.CC.CC1(C)Oc2ccccc2[C@H](c2ccccc2)[C@@H]1c1ccccc1.CO. The molecular weight excluding hydrogens is 368 g/mol. The van der Waals surface area contributed by atoms with E-state index >= 15 is 0 Å². The zero-order valence-electron chi connectivity index (χ0n) is 19.6. The van der Waals surface area contributed by atoms with Gasteiger partial charge in [-0.3, -0.25) is 0 Å². The van der Waals surface area contributed by atoms with Crippen LogP contribution in [0.5, 0.6) is 5.75 Å². The molecule has 3 aromatic rings. The van der Waals surface area contributed by atoms with Crippen LogP contribution in [-0.2, 0) is 0 Å². The van der Waals surface area contributed by atoms with Crippen LogP contribution in [0.2, 0.25) is 0 Å². The molecule has 0 radical (unpaired) electrons. The third-order valence-electron chi connectivity index (χ3n) is 5.03. The van der Waals surface area contributed by atoms with Crippen molar-refractivity contribution in [3.63, 3.8) is 0 Å². The summed E-state index contributed by atoms with van der Waals surface area (Å²) in [5, 5.41) is 7.00. The minimum absolute atomic E-state index is 0.260. The lowest BCUT2D eigenvalue weighted by atomic mass is 9.68. The van der Waals surface area contributed by atoms with Crippen molar-refractivity contribution in [2.45, 2.75) is 59.0 Å². The summed E-state index contributed by atoms with van der Waals surface area (Å²) in [5.74, 6) is 1.55. The van der Waals surface area contributed by atoms with Gasteiger partial charge in [-0.15, -0.1) is 0 Å². The van der Waals surface area contributed by atoms with Gasteiger partial charge in [0.2, 0.25) is 0 Å². The van der Waals surface area contributed by atoms with Crippen LogP contribution in [0.25, 0.3) is 0 Å². The highest BCUT2D eigenvalue weighted by Crippen LogP contribution is 2.52. The van der Waals surface area contributed by atoms with Crippen molar-refractivity contribution in [2.75, 3.05) is 7.11 Å². The zero-order chi connectivity index (χ0) is 22.6. The number of benzene rings is 3. The summed E-state index contributed by atoms with van der Waals surface area (Å²) in [6, 6.07) is 30.0. The molecule has 0 aliphatic carbocycles. The molecule has 0 saturated heterocycles. The van der Waals surface area contributed by atoms with Gasteiger partial charge in [-0.1, -0.05) is 107 Å². The van der Waals surface area contributed by atoms with E-state index in [-0.39, 0.29) is 17.4 Å². The highest BCUT2D eigenvalue weighted by molar-refractivity contribution is 5.49. The predicted octanol–water partition coefficient (Wildman–Crippen LogP) is 7.43. The minimum atomic E-state index is -0.282. The molecule has 0 fully saturated rings. The lowest BCUT2D eigenvalue weighted by Gasteiger charge is -2.45. The molecule has 1 aliphatic rings. The number of aliphatic hydroxyl groups is 1. The van der Waals surface area contributed by atoms with Gasteiger partial charge in [0.15, 0.2) is 0 Å². The van der Waals surface area contributed by atoms with E-state index in [0.717, 1.165) is 12.9 Å². The fourth-order valence-electron chi connectivity index (χ4n) is 4.04. The normalized spacial score (nSPS) is 17.9. The van der Waals surface area contributed by atoms with Gasteiger partial charge in [0.1, 0.15) is 11.4 Å². The second kappa shape index (κ2) is 12.9. The molecule has 1 heterocycles. The van der Waals surface area contributed by atoms with Crippen LogP contribution in [0.4, 0.5) is 0 Å². The highest BCUT2D eigenvalue weighted by atomic mass is 16.5. The summed E-state index contributed by atoms with van der Waals surface area (Å²) in [4.78, 5) is 0. The fourth-order valence-corrected chi connectivity index (χ4v) is 4.04. The molecule has 0 spiro atoms. The molecule has 4 rings (SSSR count). The molecular formula is C28H38O2. The van der Waals surface area contributed by atoms with Crippen molar-refractivity contribution in [1.82, 2.24) is 0 Å². The van der Waals surface area contributed by atoms with E-state index < -0.39 is 0 Å². The van der Waals surface area contributed by atoms with E-state index in [4.69, 9.17) is 9.84 Å². The smallest absolute Gasteiger partial charge is 0.123 e. The number of fused-ring (bicyclic) bond motifs is 1. The first-order chi connectivity index (χ1) is 14.7. The largest absolute Gasteiger partial charge is 0.487 e. The predicted molar refractivity (Wildman–Crippen MR) is 129 cm³/mol. The maximum atomic E-state index is 7.00. The summed E-state index contributed by atoms with van der Waals surface area (Å²) >= 11 is 0. The Morgan fingerprint density at radius 1 is 0.633 bits per heavy atom. The monoisotopic (exact) mass is 406 g/mol. The van der Waals surface area contributed by atoms with E-state index in [1.807, 2.05) is 27.7 Å². The lowest BCUT2D eigenvalue weighted by molar-refractivity contribution is 0.0531. The Hall–Kier alpha value is -2.58. The highest BCUT2D eigenvalue weighted by Gasteiger charge is 2.44. The van der Waals surface area contributed by atoms with Crippen LogP contribution < -0.4 is 4.74 Å². The van der Waals surface area contributed by atoms with E-state index in [1.54, 1.807) is 0 Å². The molecule has 162 valence electrons. The number of aliphatic hydroxyl groups excluding tert-OH is 1. The third kappa shape index (κ3) is 5.73. The molecule has 30 heavy (non-hydrogen) atoms. The lowest BCUT2D eigenvalue weighted by Crippen LogP contribution is -2.43. The minimum Gasteiger partial charge on any atom is -0.487 e. The van der Waals surface area contributed by atoms with Crippen LogP contribution in [-0.4, -0.2) is 17.8 Å². The van der Waals surface area contributed by atoms with Crippen molar-refractivity contribution >= 4 is 0 Å². The first-order valence-electron chi connectivity index (χ1n) is 11.0. The Morgan fingerprint density at radius 2 is 1.07 bits per heavy atom. The molecule has 0 bridgehead atoms. The van der Waals surface area contributed by atoms with Crippen LogP contribution >= 0.6 is 0 Å². The average Bonchev–Trinajstić information content (AvgIpc) is 2.82. The molecule has 0 saturated carbocycles. The first-order valence-corrected chi connectivity index (χ1v) is 11.0.